The van der Waals surface area contributed by atoms with Gasteiger partial charge in [-0.05, 0) is 24.6 Å². The average Bonchev–Trinajstić information content (AvgIpc) is 2.68. The Morgan fingerprint density at radius 3 is 2.55 bits per heavy atom. The lowest BCUT2D eigenvalue weighted by Gasteiger charge is -2.19. The van der Waals surface area contributed by atoms with E-state index < -0.39 is 0 Å². The lowest BCUT2D eigenvalue weighted by molar-refractivity contribution is 0.531. The fourth-order valence-corrected chi connectivity index (χ4v) is 3.35. The maximum absolute atomic E-state index is 6.45. The van der Waals surface area contributed by atoms with Crippen LogP contribution in [-0.4, -0.2) is 33.4 Å². The summed E-state index contributed by atoms with van der Waals surface area (Å²) >= 11 is 8.45. The monoisotopic (exact) mass is 317 g/mol. The maximum Gasteiger partial charge on any atom is 0.0850 e. The van der Waals surface area contributed by atoms with Crippen molar-refractivity contribution in [2.24, 2.45) is 7.05 Å². The second-order valence-electron chi connectivity index (χ2n) is 5.42. The van der Waals surface area contributed by atoms with Gasteiger partial charge in [-0.25, -0.2) is 0 Å². The largest absolute Gasteiger partial charge is 0.313 e. The summed E-state index contributed by atoms with van der Waals surface area (Å²) in [5, 5.41) is 9.66. The van der Waals surface area contributed by atoms with Crippen LogP contribution in [0.1, 0.15) is 45.5 Å². The number of aryl methyl sites for hydroxylation is 2. The van der Waals surface area contributed by atoms with E-state index in [1.54, 1.807) is 0 Å². The van der Waals surface area contributed by atoms with Gasteiger partial charge < -0.3 is 5.32 Å². The molecule has 3 nitrogen and oxygen atoms in total. The third kappa shape index (κ3) is 5.30. The summed E-state index contributed by atoms with van der Waals surface area (Å²) in [7, 11) is 1.99. The van der Waals surface area contributed by atoms with Crippen LogP contribution in [-0.2, 0) is 19.9 Å². The van der Waals surface area contributed by atoms with Gasteiger partial charge in [0, 0.05) is 25.3 Å². The predicted molar refractivity (Wildman–Crippen MR) is 91.0 cm³/mol. The molecule has 1 N–H and O–H groups in total. The first-order chi connectivity index (χ1) is 9.49. The molecule has 20 heavy (non-hydrogen) atoms. The minimum absolute atomic E-state index is 0.458. The van der Waals surface area contributed by atoms with Gasteiger partial charge in [0.05, 0.1) is 16.4 Å². The van der Waals surface area contributed by atoms with Crippen molar-refractivity contribution in [3.05, 3.63) is 16.4 Å². The van der Waals surface area contributed by atoms with E-state index in [-0.39, 0.29) is 0 Å². The summed E-state index contributed by atoms with van der Waals surface area (Å²) < 4.78 is 1.95. The Bertz CT molecular complexity index is 404. The van der Waals surface area contributed by atoms with Crippen LogP contribution in [0.5, 0.6) is 0 Å². The van der Waals surface area contributed by atoms with Gasteiger partial charge in [-0.3, -0.25) is 4.68 Å². The SMILES string of the molecule is CCCNC(CSC(C)C)Cc1c(Cl)c(CC)nn1C. The predicted octanol–water partition coefficient (Wildman–Crippen LogP) is 3.69. The van der Waals surface area contributed by atoms with Gasteiger partial charge in [-0.2, -0.15) is 16.9 Å². The molecular formula is C15H28ClN3S. The number of nitrogens with one attached hydrogen (secondary N) is 1. The van der Waals surface area contributed by atoms with Crippen LogP contribution < -0.4 is 5.32 Å². The zero-order valence-electron chi connectivity index (χ0n) is 13.4. The molecule has 0 saturated heterocycles. The Hall–Kier alpha value is -0.190. The molecule has 0 spiro atoms. The summed E-state index contributed by atoms with van der Waals surface area (Å²) in [6.45, 7) is 9.84. The Kier molecular flexibility index (Phi) is 8.00. The number of thioether (sulfide) groups is 1. The molecule has 0 aliphatic rings. The fourth-order valence-electron chi connectivity index (χ4n) is 2.12. The highest BCUT2D eigenvalue weighted by Gasteiger charge is 2.18. The van der Waals surface area contributed by atoms with Crippen molar-refractivity contribution in [2.75, 3.05) is 12.3 Å². The minimum atomic E-state index is 0.458. The fraction of sp³-hybridized carbons (Fsp3) is 0.800. The van der Waals surface area contributed by atoms with E-state index in [0.29, 0.717) is 11.3 Å². The van der Waals surface area contributed by atoms with Gasteiger partial charge in [-0.1, -0.05) is 39.3 Å². The van der Waals surface area contributed by atoms with Gasteiger partial charge in [0.15, 0.2) is 0 Å². The highest BCUT2D eigenvalue weighted by Crippen LogP contribution is 2.23. The number of rotatable bonds is 9. The van der Waals surface area contributed by atoms with Crippen molar-refractivity contribution in [1.29, 1.82) is 0 Å². The molecule has 0 bridgehead atoms. The Balaban J connectivity index is 2.74. The van der Waals surface area contributed by atoms with Crippen LogP contribution in [0, 0.1) is 0 Å². The average molecular weight is 318 g/mol. The van der Waals surface area contributed by atoms with Crippen molar-refractivity contribution in [2.45, 2.75) is 58.2 Å². The first-order valence-corrected chi connectivity index (χ1v) is 8.97. The molecule has 1 rings (SSSR count). The summed E-state index contributed by atoms with van der Waals surface area (Å²) in [4.78, 5) is 0. The van der Waals surface area contributed by atoms with Crippen LogP contribution in [0.15, 0.2) is 0 Å². The van der Waals surface area contributed by atoms with Crippen LogP contribution in [0.25, 0.3) is 0 Å². The van der Waals surface area contributed by atoms with E-state index in [2.05, 4.69) is 38.1 Å². The second kappa shape index (κ2) is 8.96. The van der Waals surface area contributed by atoms with E-state index in [4.69, 9.17) is 11.6 Å². The molecule has 1 aromatic rings. The van der Waals surface area contributed by atoms with E-state index in [9.17, 15) is 0 Å². The zero-order valence-corrected chi connectivity index (χ0v) is 14.9. The summed E-state index contributed by atoms with van der Waals surface area (Å²) in [5.41, 5.74) is 2.16. The molecule has 1 heterocycles. The molecule has 0 aromatic carbocycles. The lowest BCUT2D eigenvalue weighted by atomic mass is 10.1. The smallest absolute Gasteiger partial charge is 0.0850 e. The molecule has 0 radical (unpaired) electrons. The maximum atomic E-state index is 6.45. The molecule has 0 aliphatic heterocycles. The van der Waals surface area contributed by atoms with Crippen molar-refractivity contribution >= 4 is 23.4 Å². The standard InChI is InChI=1S/C15H28ClN3S/c1-6-8-17-12(10-20-11(3)4)9-14-15(16)13(7-2)18-19(14)5/h11-12,17H,6-10H2,1-5H3. The molecule has 0 amide bonds. The van der Waals surface area contributed by atoms with Gasteiger partial charge in [-0.15, -0.1) is 0 Å². The third-order valence-electron chi connectivity index (χ3n) is 3.26. The highest BCUT2D eigenvalue weighted by atomic mass is 35.5. The van der Waals surface area contributed by atoms with Crippen molar-refractivity contribution in [3.8, 4) is 0 Å². The van der Waals surface area contributed by atoms with E-state index in [1.807, 2.05) is 23.5 Å². The molecule has 1 aromatic heterocycles. The van der Waals surface area contributed by atoms with Gasteiger partial charge in [0.1, 0.15) is 0 Å². The molecule has 1 atom stereocenters. The third-order valence-corrected chi connectivity index (χ3v) is 4.95. The number of hydrogen-bond acceptors (Lipinski definition) is 3. The van der Waals surface area contributed by atoms with E-state index in [0.717, 1.165) is 48.0 Å². The Morgan fingerprint density at radius 1 is 1.35 bits per heavy atom. The molecule has 1 unspecified atom stereocenters. The van der Waals surface area contributed by atoms with Crippen molar-refractivity contribution < 1.29 is 0 Å². The van der Waals surface area contributed by atoms with E-state index in [1.165, 1.54) is 0 Å². The molecule has 116 valence electrons. The van der Waals surface area contributed by atoms with Gasteiger partial charge in [0.2, 0.25) is 0 Å². The number of halogens is 1. The summed E-state index contributed by atoms with van der Waals surface area (Å²) in [6.07, 6.45) is 2.99. The van der Waals surface area contributed by atoms with Crippen molar-refractivity contribution in [1.82, 2.24) is 15.1 Å². The van der Waals surface area contributed by atoms with Gasteiger partial charge >= 0.3 is 0 Å². The van der Waals surface area contributed by atoms with Crippen LogP contribution in [0.2, 0.25) is 5.02 Å². The summed E-state index contributed by atoms with van der Waals surface area (Å²) in [5.74, 6) is 1.11. The molecule has 0 fully saturated rings. The van der Waals surface area contributed by atoms with Crippen LogP contribution >= 0.6 is 23.4 Å². The topological polar surface area (TPSA) is 29.9 Å². The number of hydrogen-bond donors (Lipinski definition) is 1. The lowest BCUT2D eigenvalue weighted by Crippen LogP contribution is -2.35. The van der Waals surface area contributed by atoms with Crippen LogP contribution in [0.3, 0.4) is 0 Å². The number of aromatic nitrogens is 2. The minimum Gasteiger partial charge on any atom is -0.313 e. The molecule has 0 saturated carbocycles. The Morgan fingerprint density at radius 2 is 2.05 bits per heavy atom. The first-order valence-electron chi connectivity index (χ1n) is 7.54. The molecule has 5 heteroatoms. The van der Waals surface area contributed by atoms with Crippen molar-refractivity contribution in [3.63, 3.8) is 0 Å². The van der Waals surface area contributed by atoms with Gasteiger partial charge in [0.25, 0.3) is 0 Å². The normalized spacial score (nSPS) is 13.2. The first kappa shape index (κ1) is 17.9. The summed E-state index contributed by atoms with van der Waals surface area (Å²) in [6, 6.07) is 0.458. The second-order valence-corrected chi connectivity index (χ2v) is 7.41. The van der Waals surface area contributed by atoms with Crippen LogP contribution in [0.4, 0.5) is 0 Å². The zero-order chi connectivity index (χ0) is 15.1. The van der Waals surface area contributed by atoms with E-state index >= 15 is 0 Å². The quantitative estimate of drug-likeness (QED) is 0.753. The number of nitrogens with zero attached hydrogens (tertiary/aromatic N) is 2. The highest BCUT2D eigenvalue weighted by molar-refractivity contribution is 7.99. The molecule has 0 aliphatic carbocycles. The Labute approximate surface area is 132 Å². The molecular weight excluding hydrogens is 290 g/mol.